The smallest absolute Gasteiger partial charge is 0.150 e. The summed E-state index contributed by atoms with van der Waals surface area (Å²) >= 11 is 6.72. The van der Waals surface area contributed by atoms with Gasteiger partial charge in [0.25, 0.3) is 0 Å². The summed E-state index contributed by atoms with van der Waals surface area (Å²) in [5, 5.41) is 2.07. The Morgan fingerprint density at radius 3 is 2.90 bits per heavy atom. The summed E-state index contributed by atoms with van der Waals surface area (Å²) in [6.45, 7) is 2.87. The highest BCUT2D eigenvalue weighted by Gasteiger charge is 2.09. The van der Waals surface area contributed by atoms with Gasteiger partial charge in [-0.3, -0.25) is 0 Å². The second kappa shape index (κ2) is 5.79. The van der Waals surface area contributed by atoms with E-state index < -0.39 is 0 Å². The number of benzene rings is 1. The number of nitrogens with zero attached hydrogens (tertiary/aromatic N) is 2. The van der Waals surface area contributed by atoms with Crippen molar-refractivity contribution in [3.63, 3.8) is 0 Å². The molecule has 0 spiro atoms. The predicted octanol–water partition coefficient (Wildman–Crippen LogP) is 3.60. The number of nitrogens with two attached hydrogens (primary N) is 1. The Balaban J connectivity index is 1.91. The summed E-state index contributed by atoms with van der Waals surface area (Å²) in [6, 6.07) is 10.2. The third kappa shape index (κ3) is 2.89. The van der Waals surface area contributed by atoms with Gasteiger partial charge in [-0.2, -0.15) is 0 Å². The number of thiocarbonyl (C=S) groups is 1. The minimum absolute atomic E-state index is 0.437. The summed E-state index contributed by atoms with van der Waals surface area (Å²) in [5.74, 6) is 1.00. The Hall–Kier alpha value is -1.98. The molecule has 1 aromatic carbocycles. The van der Waals surface area contributed by atoms with E-state index in [1.165, 1.54) is 16.0 Å². The molecule has 0 saturated carbocycles. The molecule has 3 rings (SSSR count). The van der Waals surface area contributed by atoms with Gasteiger partial charge < -0.3 is 10.3 Å². The first-order chi connectivity index (χ1) is 10.1. The normalized spacial score (nSPS) is 10.7. The molecule has 2 heterocycles. The lowest BCUT2D eigenvalue weighted by Crippen LogP contribution is -2.10. The van der Waals surface area contributed by atoms with Crippen LogP contribution >= 0.6 is 23.6 Å². The second-order valence-corrected chi connectivity index (χ2v) is 6.25. The van der Waals surface area contributed by atoms with Gasteiger partial charge in [-0.15, -0.1) is 11.3 Å². The summed E-state index contributed by atoms with van der Waals surface area (Å²) in [7, 11) is 0. The van der Waals surface area contributed by atoms with Crippen LogP contribution in [0.15, 0.2) is 48.1 Å². The van der Waals surface area contributed by atoms with Gasteiger partial charge in [-0.25, -0.2) is 4.98 Å². The molecule has 3 nitrogen and oxygen atoms in total. The molecule has 0 amide bonds. The third-order valence-electron chi connectivity index (χ3n) is 3.42. The monoisotopic (exact) mass is 313 g/mol. The Bertz CT molecular complexity index is 773. The largest absolute Gasteiger partial charge is 0.389 e. The maximum absolute atomic E-state index is 5.67. The fourth-order valence-electron chi connectivity index (χ4n) is 2.28. The SMILES string of the molecule is Cc1cc(C(N)=S)ccc1Cn1ccnc1-c1cccs1. The van der Waals surface area contributed by atoms with Crippen LogP contribution in [-0.2, 0) is 6.54 Å². The number of hydrogen-bond donors (Lipinski definition) is 1. The van der Waals surface area contributed by atoms with Crippen molar-refractivity contribution >= 4 is 28.5 Å². The van der Waals surface area contributed by atoms with Crippen LogP contribution < -0.4 is 5.73 Å². The summed E-state index contributed by atoms with van der Waals surface area (Å²) in [6.07, 6.45) is 3.85. The van der Waals surface area contributed by atoms with Crippen LogP contribution in [0.1, 0.15) is 16.7 Å². The summed E-state index contributed by atoms with van der Waals surface area (Å²) < 4.78 is 2.16. The van der Waals surface area contributed by atoms with Crippen LogP contribution in [0.25, 0.3) is 10.7 Å². The molecule has 0 unspecified atom stereocenters. The molecule has 0 aliphatic carbocycles. The zero-order valence-corrected chi connectivity index (χ0v) is 13.2. The van der Waals surface area contributed by atoms with Gasteiger partial charge in [0.1, 0.15) is 10.8 Å². The van der Waals surface area contributed by atoms with Gasteiger partial charge in [0.15, 0.2) is 0 Å². The number of imidazole rings is 1. The summed E-state index contributed by atoms with van der Waals surface area (Å²) in [5.41, 5.74) is 9.01. The number of rotatable bonds is 4. The minimum Gasteiger partial charge on any atom is -0.389 e. The van der Waals surface area contributed by atoms with E-state index in [0.717, 1.165) is 17.9 Å². The average molecular weight is 313 g/mol. The average Bonchev–Trinajstić information content (AvgIpc) is 3.11. The van der Waals surface area contributed by atoms with Crippen molar-refractivity contribution in [1.29, 1.82) is 0 Å². The topological polar surface area (TPSA) is 43.8 Å². The zero-order chi connectivity index (χ0) is 14.8. The highest BCUT2D eigenvalue weighted by Crippen LogP contribution is 2.24. The molecule has 0 radical (unpaired) electrons. The molecule has 0 fully saturated rings. The van der Waals surface area contributed by atoms with E-state index in [0.29, 0.717) is 4.99 Å². The lowest BCUT2D eigenvalue weighted by molar-refractivity contribution is 0.803. The predicted molar refractivity (Wildman–Crippen MR) is 91.7 cm³/mol. The molecule has 0 saturated heterocycles. The first-order valence-corrected chi connectivity index (χ1v) is 7.88. The van der Waals surface area contributed by atoms with Crippen molar-refractivity contribution < 1.29 is 0 Å². The molecule has 106 valence electrons. The van der Waals surface area contributed by atoms with E-state index in [9.17, 15) is 0 Å². The Morgan fingerprint density at radius 2 is 2.24 bits per heavy atom. The Labute approximate surface area is 133 Å². The van der Waals surface area contributed by atoms with Crippen molar-refractivity contribution in [1.82, 2.24) is 9.55 Å². The molecule has 2 N–H and O–H groups in total. The maximum Gasteiger partial charge on any atom is 0.150 e. The molecule has 0 bridgehead atoms. The van der Waals surface area contributed by atoms with Crippen LogP contribution in [-0.4, -0.2) is 14.5 Å². The second-order valence-electron chi connectivity index (χ2n) is 4.86. The molecule has 21 heavy (non-hydrogen) atoms. The molecule has 0 atom stereocenters. The minimum atomic E-state index is 0.437. The van der Waals surface area contributed by atoms with E-state index in [2.05, 4.69) is 34.0 Å². The number of hydrogen-bond acceptors (Lipinski definition) is 3. The first kappa shape index (κ1) is 14.0. The van der Waals surface area contributed by atoms with E-state index >= 15 is 0 Å². The quantitative estimate of drug-likeness (QED) is 0.748. The number of aromatic nitrogens is 2. The van der Waals surface area contributed by atoms with Gasteiger partial charge in [0.05, 0.1) is 4.88 Å². The van der Waals surface area contributed by atoms with Crippen LogP contribution in [0, 0.1) is 6.92 Å². The fraction of sp³-hybridized carbons (Fsp3) is 0.125. The highest BCUT2D eigenvalue weighted by molar-refractivity contribution is 7.80. The summed E-state index contributed by atoms with van der Waals surface area (Å²) in [4.78, 5) is 6.08. The fourth-order valence-corrected chi connectivity index (χ4v) is 3.14. The van der Waals surface area contributed by atoms with Crippen LogP contribution in [0.2, 0.25) is 0 Å². The third-order valence-corrected chi connectivity index (χ3v) is 4.53. The van der Waals surface area contributed by atoms with Crippen molar-refractivity contribution in [2.24, 2.45) is 5.73 Å². The van der Waals surface area contributed by atoms with E-state index in [1.54, 1.807) is 11.3 Å². The van der Waals surface area contributed by atoms with Crippen molar-refractivity contribution in [2.45, 2.75) is 13.5 Å². The molecular weight excluding hydrogens is 298 g/mol. The van der Waals surface area contributed by atoms with E-state index in [-0.39, 0.29) is 0 Å². The Morgan fingerprint density at radius 1 is 1.38 bits per heavy atom. The first-order valence-electron chi connectivity index (χ1n) is 6.59. The van der Waals surface area contributed by atoms with E-state index in [4.69, 9.17) is 18.0 Å². The Kier molecular flexibility index (Phi) is 3.86. The van der Waals surface area contributed by atoms with E-state index in [1.807, 2.05) is 30.6 Å². The lowest BCUT2D eigenvalue weighted by Gasteiger charge is -2.11. The van der Waals surface area contributed by atoms with Gasteiger partial charge in [-0.1, -0.05) is 30.4 Å². The lowest BCUT2D eigenvalue weighted by atomic mass is 10.0. The standard InChI is InChI=1S/C16H15N3S2/c1-11-9-12(15(17)20)4-5-13(11)10-19-7-6-18-16(19)14-3-2-8-21-14/h2-9H,10H2,1H3,(H2,17,20). The molecule has 5 heteroatoms. The van der Waals surface area contributed by atoms with Crippen LogP contribution in [0.5, 0.6) is 0 Å². The van der Waals surface area contributed by atoms with Gasteiger partial charge >= 0.3 is 0 Å². The number of aryl methyl sites for hydroxylation is 1. The van der Waals surface area contributed by atoms with Crippen molar-refractivity contribution in [2.75, 3.05) is 0 Å². The molecule has 2 aromatic heterocycles. The van der Waals surface area contributed by atoms with Crippen LogP contribution in [0.3, 0.4) is 0 Å². The van der Waals surface area contributed by atoms with Gasteiger partial charge in [0, 0.05) is 24.5 Å². The molecular formula is C16H15N3S2. The highest BCUT2D eigenvalue weighted by atomic mass is 32.1. The van der Waals surface area contributed by atoms with Gasteiger partial charge in [0.2, 0.25) is 0 Å². The van der Waals surface area contributed by atoms with Gasteiger partial charge in [-0.05, 0) is 35.6 Å². The zero-order valence-electron chi connectivity index (χ0n) is 11.6. The van der Waals surface area contributed by atoms with Crippen LogP contribution in [0.4, 0.5) is 0 Å². The number of thiophene rings is 1. The van der Waals surface area contributed by atoms with Crippen molar-refractivity contribution in [3.05, 3.63) is 64.8 Å². The molecule has 3 aromatic rings. The maximum atomic E-state index is 5.67. The van der Waals surface area contributed by atoms with Crippen molar-refractivity contribution in [3.8, 4) is 10.7 Å². The molecule has 0 aliphatic rings. The molecule has 0 aliphatic heterocycles.